The Morgan fingerprint density at radius 3 is 1.35 bits per heavy atom. The fourth-order valence-electron chi connectivity index (χ4n) is 10.3. The lowest BCUT2D eigenvalue weighted by molar-refractivity contribution is 0.436. The van der Waals surface area contributed by atoms with Gasteiger partial charge < -0.3 is 4.74 Å². The van der Waals surface area contributed by atoms with Crippen LogP contribution in [-0.4, -0.2) is 15.0 Å². The van der Waals surface area contributed by atoms with E-state index in [4.69, 9.17) is 19.7 Å². The molecule has 10 aromatic carbocycles. The highest BCUT2D eigenvalue weighted by Crippen LogP contribution is 2.63. The fourth-order valence-corrected chi connectivity index (χ4v) is 10.3. The molecule has 2 aliphatic rings. The highest BCUT2D eigenvalue weighted by Gasteiger charge is 2.51. The molecule has 1 aliphatic heterocycles. The number of hydrogen-bond acceptors (Lipinski definition) is 4. The molecule has 0 saturated heterocycles. The van der Waals surface area contributed by atoms with Crippen LogP contribution in [0.5, 0.6) is 11.5 Å². The first kappa shape index (κ1) is 34.6. The monoisotopic (exact) mass is 789 g/mol. The van der Waals surface area contributed by atoms with Crippen LogP contribution in [-0.2, 0) is 5.41 Å². The Hall–Kier alpha value is -8.21. The Morgan fingerprint density at radius 1 is 0.290 bits per heavy atom. The van der Waals surface area contributed by atoms with Gasteiger partial charge in [-0.2, -0.15) is 0 Å². The van der Waals surface area contributed by atoms with Crippen LogP contribution in [0.1, 0.15) is 22.3 Å². The van der Waals surface area contributed by atoms with Crippen molar-refractivity contribution in [1.82, 2.24) is 15.0 Å². The molecular formula is C58H35N3O. The number of fused-ring (bicyclic) bond motifs is 15. The molecule has 13 rings (SSSR count). The Kier molecular flexibility index (Phi) is 7.49. The summed E-state index contributed by atoms with van der Waals surface area (Å²) in [6, 6.07) is 75.7. The number of aromatic nitrogens is 3. The van der Waals surface area contributed by atoms with Crippen molar-refractivity contribution >= 4 is 32.3 Å². The van der Waals surface area contributed by atoms with E-state index >= 15 is 0 Å². The van der Waals surface area contributed by atoms with E-state index in [0.29, 0.717) is 17.5 Å². The number of ether oxygens (including phenoxy) is 1. The van der Waals surface area contributed by atoms with Crippen molar-refractivity contribution < 1.29 is 4.74 Å². The molecule has 288 valence electrons. The summed E-state index contributed by atoms with van der Waals surface area (Å²) in [5, 5.41) is 7.57. The van der Waals surface area contributed by atoms with Crippen LogP contribution in [0.15, 0.2) is 212 Å². The molecule has 0 saturated carbocycles. The van der Waals surface area contributed by atoms with Crippen LogP contribution in [0.2, 0.25) is 0 Å². The minimum absolute atomic E-state index is 0.620. The van der Waals surface area contributed by atoms with E-state index in [1.807, 2.05) is 36.4 Å². The summed E-state index contributed by atoms with van der Waals surface area (Å²) in [7, 11) is 0. The summed E-state index contributed by atoms with van der Waals surface area (Å²) in [4.78, 5) is 15.4. The average molecular weight is 790 g/mol. The van der Waals surface area contributed by atoms with Crippen molar-refractivity contribution in [2.24, 2.45) is 0 Å². The van der Waals surface area contributed by atoms with E-state index in [1.54, 1.807) is 0 Å². The van der Waals surface area contributed by atoms with Crippen LogP contribution < -0.4 is 4.74 Å². The Balaban J connectivity index is 1.10. The van der Waals surface area contributed by atoms with Crippen molar-refractivity contribution in [3.05, 3.63) is 235 Å². The van der Waals surface area contributed by atoms with E-state index in [9.17, 15) is 0 Å². The van der Waals surface area contributed by atoms with Gasteiger partial charge in [-0.05, 0) is 90.0 Å². The molecule has 1 aliphatic carbocycles. The van der Waals surface area contributed by atoms with Crippen molar-refractivity contribution in [3.8, 4) is 67.9 Å². The summed E-state index contributed by atoms with van der Waals surface area (Å²) in [5.41, 5.74) is 11.5. The van der Waals surface area contributed by atoms with E-state index in [1.165, 1.54) is 65.7 Å². The molecule has 1 aromatic heterocycles. The summed E-state index contributed by atoms with van der Waals surface area (Å²) < 4.78 is 6.74. The molecule has 0 fully saturated rings. The second-order valence-electron chi connectivity index (χ2n) is 16.2. The molecule has 1 spiro atoms. The maximum absolute atomic E-state index is 6.74. The molecular weight excluding hydrogens is 755 g/mol. The predicted octanol–water partition coefficient (Wildman–Crippen LogP) is 14.5. The maximum atomic E-state index is 6.74. The molecule has 4 nitrogen and oxygen atoms in total. The lowest BCUT2D eigenvalue weighted by Crippen LogP contribution is -2.32. The molecule has 0 atom stereocenters. The smallest absolute Gasteiger partial charge is 0.164 e. The van der Waals surface area contributed by atoms with Crippen molar-refractivity contribution in [2.45, 2.75) is 5.41 Å². The standard InChI is InChI=1S/C58H35N3O/c1-3-16-36(17-4-1)55-59-56(37-18-5-2-6-19-37)61-57(60-55)39-31-33-46-51(35-39)58(48-25-11-13-28-52(48)62-53-29-14-12-26-49(53)58)50-27-15-24-40(54(46)50)38-30-32-45-43-22-8-7-20-41(43)42-21-9-10-23-44(42)47(45)34-38/h1-35H. The number of hydrogen-bond donors (Lipinski definition) is 0. The quantitative estimate of drug-likeness (QED) is 0.167. The SMILES string of the molecule is c1ccc(-c2nc(-c3ccccc3)nc(-c3ccc4c(c3)C3(c5ccccc5Oc5ccccc53)c3cccc(-c5ccc6c7ccccc7c7ccccc7c6c5)c3-4)n2)cc1. The zero-order chi connectivity index (χ0) is 40.8. The molecule has 62 heavy (non-hydrogen) atoms. The normalized spacial score (nSPS) is 13.1. The van der Waals surface area contributed by atoms with Gasteiger partial charge in [-0.1, -0.05) is 188 Å². The number of nitrogens with zero attached hydrogens (tertiary/aromatic N) is 3. The minimum Gasteiger partial charge on any atom is -0.457 e. The van der Waals surface area contributed by atoms with Crippen molar-refractivity contribution in [2.75, 3.05) is 0 Å². The third kappa shape index (κ3) is 4.98. The summed E-state index contributed by atoms with van der Waals surface area (Å²) in [6.45, 7) is 0. The summed E-state index contributed by atoms with van der Waals surface area (Å²) in [6.07, 6.45) is 0. The van der Waals surface area contributed by atoms with E-state index in [0.717, 1.165) is 39.3 Å². The van der Waals surface area contributed by atoms with Gasteiger partial charge in [0.05, 0.1) is 5.41 Å². The first-order valence-electron chi connectivity index (χ1n) is 21.1. The second kappa shape index (κ2) is 13.4. The average Bonchev–Trinajstić information content (AvgIpc) is 3.64. The first-order valence-corrected chi connectivity index (χ1v) is 21.1. The maximum Gasteiger partial charge on any atom is 0.164 e. The van der Waals surface area contributed by atoms with Gasteiger partial charge in [-0.3, -0.25) is 0 Å². The van der Waals surface area contributed by atoms with Crippen LogP contribution in [0.3, 0.4) is 0 Å². The molecule has 2 heterocycles. The van der Waals surface area contributed by atoms with Gasteiger partial charge in [0.15, 0.2) is 17.5 Å². The molecule has 0 amide bonds. The molecule has 0 N–H and O–H groups in total. The van der Waals surface area contributed by atoms with Gasteiger partial charge in [-0.25, -0.2) is 15.0 Å². The molecule has 0 unspecified atom stereocenters. The zero-order valence-corrected chi connectivity index (χ0v) is 33.5. The highest BCUT2D eigenvalue weighted by molar-refractivity contribution is 6.26. The van der Waals surface area contributed by atoms with Gasteiger partial charge in [0.25, 0.3) is 0 Å². The van der Waals surface area contributed by atoms with Crippen molar-refractivity contribution in [3.63, 3.8) is 0 Å². The zero-order valence-electron chi connectivity index (χ0n) is 33.5. The highest BCUT2D eigenvalue weighted by atomic mass is 16.5. The number of para-hydroxylation sites is 2. The van der Waals surface area contributed by atoms with E-state index in [-0.39, 0.29) is 0 Å². The summed E-state index contributed by atoms with van der Waals surface area (Å²) >= 11 is 0. The first-order chi connectivity index (χ1) is 30.7. The van der Waals surface area contributed by atoms with Gasteiger partial charge >= 0.3 is 0 Å². The number of benzene rings is 10. The Morgan fingerprint density at radius 2 is 0.758 bits per heavy atom. The minimum atomic E-state index is -0.695. The predicted molar refractivity (Wildman–Crippen MR) is 251 cm³/mol. The largest absolute Gasteiger partial charge is 0.457 e. The van der Waals surface area contributed by atoms with Gasteiger partial charge in [-0.15, -0.1) is 0 Å². The molecule has 0 bridgehead atoms. The second-order valence-corrected chi connectivity index (χ2v) is 16.2. The fraction of sp³-hybridized carbons (Fsp3) is 0.0172. The van der Waals surface area contributed by atoms with Crippen molar-refractivity contribution in [1.29, 1.82) is 0 Å². The van der Waals surface area contributed by atoms with E-state index < -0.39 is 5.41 Å². The Labute approximate surface area is 358 Å². The van der Waals surface area contributed by atoms with Gasteiger partial charge in [0.1, 0.15) is 11.5 Å². The third-order valence-electron chi connectivity index (χ3n) is 13.0. The third-order valence-corrected chi connectivity index (χ3v) is 13.0. The molecule has 4 heteroatoms. The molecule has 0 radical (unpaired) electrons. The van der Waals surface area contributed by atoms with Crippen LogP contribution in [0, 0.1) is 0 Å². The van der Waals surface area contributed by atoms with Crippen LogP contribution >= 0.6 is 0 Å². The van der Waals surface area contributed by atoms with Gasteiger partial charge in [0, 0.05) is 27.8 Å². The topological polar surface area (TPSA) is 47.9 Å². The lowest BCUT2D eigenvalue weighted by Gasteiger charge is -2.39. The van der Waals surface area contributed by atoms with E-state index in [2.05, 4.69) is 176 Å². The number of rotatable bonds is 4. The summed E-state index contributed by atoms with van der Waals surface area (Å²) in [5.74, 6) is 3.58. The van der Waals surface area contributed by atoms with Crippen LogP contribution in [0.25, 0.3) is 88.7 Å². The lowest BCUT2D eigenvalue weighted by atomic mass is 9.66. The Bertz CT molecular complexity index is 3480. The van der Waals surface area contributed by atoms with Gasteiger partial charge in [0.2, 0.25) is 0 Å². The molecule has 11 aromatic rings. The van der Waals surface area contributed by atoms with Crippen LogP contribution in [0.4, 0.5) is 0 Å².